The zero-order valence-corrected chi connectivity index (χ0v) is 7.19. The van der Waals surface area contributed by atoms with E-state index in [0.29, 0.717) is 0 Å². The van der Waals surface area contributed by atoms with Crippen LogP contribution in [0.2, 0.25) is 0 Å². The van der Waals surface area contributed by atoms with Crippen LogP contribution in [0.25, 0.3) is 0 Å². The maximum atomic E-state index is 12.0. The lowest BCUT2D eigenvalue weighted by molar-refractivity contribution is -0.0822. The molecule has 3 nitrogen and oxygen atoms in total. The Bertz CT molecular complexity index is 129. The molecule has 0 rings (SSSR count). The van der Waals surface area contributed by atoms with Gasteiger partial charge in [0.1, 0.15) is 0 Å². The maximum Gasteiger partial charge on any atom is 0.431 e. The molecule has 0 aliphatic rings. The van der Waals surface area contributed by atoms with Gasteiger partial charge in [0.05, 0.1) is 0 Å². The summed E-state index contributed by atoms with van der Waals surface area (Å²) in [5, 5.41) is 0. The lowest BCUT2D eigenvalue weighted by Gasteiger charge is -2.09. The first-order valence-electron chi connectivity index (χ1n) is 1.88. The van der Waals surface area contributed by atoms with E-state index in [4.69, 9.17) is 4.55 Å². The molecule has 10 heavy (non-hydrogen) atoms. The van der Waals surface area contributed by atoms with Crippen molar-refractivity contribution in [1.82, 2.24) is 0 Å². The van der Waals surface area contributed by atoms with Crippen molar-refractivity contribution in [3.05, 3.63) is 0 Å². The highest BCUT2D eigenvalue weighted by Gasteiger charge is 2.34. The van der Waals surface area contributed by atoms with Crippen molar-refractivity contribution in [2.24, 2.45) is 0 Å². The third kappa shape index (κ3) is 5.42. The molecule has 0 aromatic carbocycles. The molecular formula is C2H4F2O3S3. The second-order valence-electron chi connectivity index (χ2n) is 1.01. The minimum atomic E-state index is -3.60. The van der Waals surface area contributed by atoms with Gasteiger partial charge in [0.15, 0.2) is 0 Å². The van der Waals surface area contributed by atoms with Gasteiger partial charge in [-0.15, -0.1) is 0 Å². The van der Waals surface area contributed by atoms with Gasteiger partial charge >= 0.3 is 16.8 Å². The van der Waals surface area contributed by atoms with Crippen molar-refractivity contribution in [2.45, 2.75) is 5.44 Å². The number of hydrogen-bond donors (Lipinski definition) is 1. The fraction of sp³-hybridized carbons (Fsp3) is 1.00. The Morgan fingerprint density at radius 2 is 2.20 bits per heavy atom. The summed E-state index contributed by atoms with van der Waals surface area (Å²) in [5.74, 6) is 0. The summed E-state index contributed by atoms with van der Waals surface area (Å²) in [5.41, 5.74) is -3.60. The van der Waals surface area contributed by atoms with Gasteiger partial charge < -0.3 is 0 Å². The van der Waals surface area contributed by atoms with Crippen molar-refractivity contribution in [2.75, 3.05) is 6.26 Å². The van der Waals surface area contributed by atoms with Crippen LogP contribution < -0.4 is 0 Å². The molecule has 0 amide bonds. The molecule has 0 aliphatic carbocycles. The Balaban J connectivity index is 3.74. The Labute approximate surface area is 66.8 Å². The summed E-state index contributed by atoms with van der Waals surface area (Å²) in [6, 6.07) is 0. The van der Waals surface area contributed by atoms with Gasteiger partial charge in [-0.2, -0.15) is 17.2 Å². The van der Waals surface area contributed by atoms with E-state index in [1.165, 1.54) is 6.26 Å². The van der Waals surface area contributed by atoms with Crippen LogP contribution in [0.5, 0.6) is 0 Å². The molecule has 1 unspecified atom stereocenters. The molecule has 1 atom stereocenters. The molecule has 0 fully saturated rings. The lowest BCUT2D eigenvalue weighted by Crippen LogP contribution is -2.15. The first-order valence-corrected chi connectivity index (χ1v) is 5.47. The second-order valence-corrected chi connectivity index (χ2v) is 4.09. The molecule has 0 bridgehead atoms. The van der Waals surface area contributed by atoms with Gasteiger partial charge in [-0.05, 0) is 6.26 Å². The third-order valence-corrected chi connectivity index (χ3v) is 2.33. The van der Waals surface area contributed by atoms with Crippen molar-refractivity contribution < 1.29 is 21.7 Å². The normalized spacial score (nSPS) is 15.2. The predicted molar refractivity (Wildman–Crippen MR) is 37.9 cm³/mol. The minimum absolute atomic E-state index is 0.0700. The Kier molecular flexibility index (Phi) is 4.78. The van der Waals surface area contributed by atoms with Gasteiger partial charge in [-0.25, -0.2) is 0 Å². The number of rotatable bonds is 4. The van der Waals surface area contributed by atoms with Crippen molar-refractivity contribution in [3.8, 4) is 0 Å². The van der Waals surface area contributed by atoms with Crippen LogP contribution >= 0.6 is 21.6 Å². The summed E-state index contributed by atoms with van der Waals surface area (Å²) in [7, 11) is 0.817. The quantitative estimate of drug-likeness (QED) is 0.435. The van der Waals surface area contributed by atoms with E-state index in [1.54, 1.807) is 0 Å². The van der Waals surface area contributed by atoms with Gasteiger partial charge in [0.2, 0.25) is 0 Å². The molecule has 8 heteroatoms. The van der Waals surface area contributed by atoms with E-state index in [9.17, 15) is 13.0 Å². The second kappa shape index (κ2) is 4.50. The largest absolute Gasteiger partial charge is 0.431 e. The Morgan fingerprint density at radius 3 is 2.50 bits per heavy atom. The zero-order chi connectivity index (χ0) is 8.20. The molecule has 0 spiro atoms. The van der Waals surface area contributed by atoms with Crippen LogP contribution in [-0.2, 0) is 15.5 Å². The summed E-state index contributed by atoms with van der Waals surface area (Å²) in [6.07, 6.45) is 1.40. The first kappa shape index (κ1) is 10.6. The monoisotopic (exact) mass is 210 g/mol. The lowest BCUT2D eigenvalue weighted by atomic mass is 11.5. The van der Waals surface area contributed by atoms with E-state index in [2.05, 4.69) is 4.18 Å². The summed E-state index contributed by atoms with van der Waals surface area (Å²) in [6.45, 7) is 0. The molecular weight excluding hydrogens is 206 g/mol. The molecule has 0 radical (unpaired) electrons. The Hall–Kier alpha value is 0.630. The molecule has 0 heterocycles. The van der Waals surface area contributed by atoms with Crippen molar-refractivity contribution in [3.63, 3.8) is 0 Å². The van der Waals surface area contributed by atoms with Crippen LogP contribution in [0.15, 0.2) is 0 Å². The van der Waals surface area contributed by atoms with Gasteiger partial charge in [-0.3, -0.25) is 4.55 Å². The number of alkyl halides is 2. The molecule has 62 valence electrons. The average Bonchev–Trinajstić information content (AvgIpc) is 1.59. The molecule has 0 aliphatic heterocycles. The van der Waals surface area contributed by atoms with Crippen LogP contribution in [-0.4, -0.2) is 20.5 Å². The molecule has 0 aromatic heterocycles. The van der Waals surface area contributed by atoms with Crippen molar-refractivity contribution in [1.29, 1.82) is 0 Å². The van der Waals surface area contributed by atoms with Crippen LogP contribution in [0.4, 0.5) is 8.78 Å². The van der Waals surface area contributed by atoms with E-state index in [1.807, 2.05) is 0 Å². The summed E-state index contributed by atoms with van der Waals surface area (Å²) in [4.78, 5) is 0. The van der Waals surface area contributed by atoms with E-state index in [-0.39, 0.29) is 10.8 Å². The predicted octanol–water partition coefficient (Wildman–Crippen LogP) is 1.70. The summed E-state index contributed by atoms with van der Waals surface area (Å²) < 4.78 is 44.9. The SMILES string of the molecule is CSSC(F)(F)OS(=O)O. The molecule has 0 saturated carbocycles. The number of hydrogen-bond acceptors (Lipinski definition) is 4. The smallest absolute Gasteiger partial charge is 0.284 e. The van der Waals surface area contributed by atoms with Crippen LogP contribution in [0.3, 0.4) is 0 Å². The fourth-order valence-corrected chi connectivity index (χ4v) is 1.67. The minimum Gasteiger partial charge on any atom is -0.284 e. The van der Waals surface area contributed by atoms with Crippen molar-refractivity contribution >= 4 is 32.9 Å². The highest BCUT2D eigenvalue weighted by atomic mass is 33.1. The molecule has 0 saturated heterocycles. The molecule has 1 N–H and O–H groups in total. The first-order chi connectivity index (χ1) is 4.48. The van der Waals surface area contributed by atoms with E-state index in [0.717, 1.165) is 10.8 Å². The zero-order valence-electron chi connectivity index (χ0n) is 4.74. The summed E-state index contributed by atoms with van der Waals surface area (Å²) >= 11 is -2.92. The molecule has 0 aromatic rings. The van der Waals surface area contributed by atoms with Gasteiger partial charge in [0.25, 0.3) is 0 Å². The van der Waals surface area contributed by atoms with Crippen LogP contribution in [0.1, 0.15) is 0 Å². The Morgan fingerprint density at radius 1 is 1.70 bits per heavy atom. The highest BCUT2D eigenvalue weighted by Crippen LogP contribution is 2.38. The van der Waals surface area contributed by atoms with E-state index < -0.39 is 16.8 Å². The third-order valence-electron chi connectivity index (χ3n) is 0.349. The van der Waals surface area contributed by atoms with E-state index >= 15 is 0 Å². The standard InChI is InChI=1S/C2H4F2O3S3/c1-8-9-2(3,4)7-10(5)6/h1H3,(H,5,6). The topological polar surface area (TPSA) is 46.5 Å². The number of halogens is 2. The maximum absolute atomic E-state index is 12.0. The van der Waals surface area contributed by atoms with Gasteiger partial charge in [-0.1, -0.05) is 10.8 Å². The average molecular weight is 210 g/mol. The van der Waals surface area contributed by atoms with Crippen LogP contribution in [0, 0.1) is 0 Å². The van der Waals surface area contributed by atoms with Gasteiger partial charge in [0, 0.05) is 10.8 Å². The fourth-order valence-electron chi connectivity index (χ4n) is 0.194. The highest BCUT2D eigenvalue weighted by molar-refractivity contribution is 8.76.